The Bertz CT molecular complexity index is 782. The standard InChI is InChI=1S/C26H44N4O4/c1-20(2)27-15-17-34-19-26(3,4)18-30(16-13-24(32)33)23(31)10-6-5-9-22-12-11-21-8-7-14-28-25(21)29-22/h11-12,20,27H,5-10,13-19H2,1-4H3,(H,28,29)(H,32,33). The van der Waals surface area contributed by atoms with Gasteiger partial charge in [0.15, 0.2) is 0 Å². The fourth-order valence-electron chi connectivity index (χ4n) is 4.10. The minimum Gasteiger partial charge on any atom is -0.481 e. The first-order valence-corrected chi connectivity index (χ1v) is 12.7. The van der Waals surface area contributed by atoms with Crippen LogP contribution in [0.3, 0.4) is 0 Å². The van der Waals surface area contributed by atoms with Crippen LogP contribution in [-0.2, 0) is 27.2 Å². The molecule has 0 fully saturated rings. The summed E-state index contributed by atoms with van der Waals surface area (Å²) >= 11 is 0. The van der Waals surface area contributed by atoms with Crippen LogP contribution in [0.1, 0.15) is 71.1 Å². The number of hydrogen-bond donors (Lipinski definition) is 3. The Morgan fingerprint density at radius 1 is 1.26 bits per heavy atom. The Kier molecular flexibility index (Phi) is 11.8. The molecule has 34 heavy (non-hydrogen) atoms. The molecule has 3 N–H and O–H groups in total. The van der Waals surface area contributed by atoms with E-state index < -0.39 is 5.97 Å². The van der Waals surface area contributed by atoms with Gasteiger partial charge in [-0.3, -0.25) is 9.59 Å². The first-order valence-electron chi connectivity index (χ1n) is 12.7. The lowest BCUT2D eigenvalue weighted by atomic mass is 9.93. The quantitative estimate of drug-likeness (QED) is 0.314. The average Bonchev–Trinajstić information content (AvgIpc) is 2.78. The Morgan fingerprint density at radius 3 is 2.79 bits per heavy atom. The maximum atomic E-state index is 12.9. The van der Waals surface area contributed by atoms with Crippen molar-refractivity contribution in [2.24, 2.45) is 5.41 Å². The summed E-state index contributed by atoms with van der Waals surface area (Å²) in [5.74, 6) is 0.124. The van der Waals surface area contributed by atoms with Crippen LogP contribution in [0.5, 0.6) is 0 Å². The predicted molar refractivity (Wildman–Crippen MR) is 135 cm³/mol. The molecule has 192 valence electrons. The molecular formula is C26H44N4O4. The van der Waals surface area contributed by atoms with Crippen molar-refractivity contribution in [1.82, 2.24) is 15.2 Å². The highest BCUT2D eigenvalue weighted by atomic mass is 16.5. The van der Waals surface area contributed by atoms with E-state index in [1.807, 2.05) is 0 Å². The number of anilines is 1. The Morgan fingerprint density at radius 2 is 2.06 bits per heavy atom. The van der Waals surface area contributed by atoms with Crippen molar-refractivity contribution in [2.75, 3.05) is 44.7 Å². The molecule has 1 aliphatic rings. The van der Waals surface area contributed by atoms with Gasteiger partial charge in [-0.05, 0) is 43.7 Å². The molecule has 8 heteroatoms. The number of nitrogens with one attached hydrogen (secondary N) is 2. The van der Waals surface area contributed by atoms with Crippen molar-refractivity contribution in [1.29, 1.82) is 0 Å². The Hall–Kier alpha value is -2.19. The number of fused-ring (bicyclic) bond motifs is 1. The average molecular weight is 477 g/mol. The number of ether oxygens (including phenoxy) is 1. The molecule has 1 aromatic rings. The van der Waals surface area contributed by atoms with E-state index in [1.165, 1.54) is 5.56 Å². The van der Waals surface area contributed by atoms with Gasteiger partial charge in [0.1, 0.15) is 5.82 Å². The largest absolute Gasteiger partial charge is 0.481 e. The van der Waals surface area contributed by atoms with E-state index in [4.69, 9.17) is 14.8 Å². The molecule has 0 unspecified atom stereocenters. The number of aromatic nitrogens is 1. The van der Waals surface area contributed by atoms with Gasteiger partial charge < -0.3 is 25.4 Å². The van der Waals surface area contributed by atoms with E-state index in [2.05, 4.69) is 50.5 Å². The van der Waals surface area contributed by atoms with E-state index in [0.717, 1.165) is 56.7 Å². The molecule has 1 aliphatic heterocycles. The third-order valence-electron chi connectivity index (χ3n) is 5.88. The summed E-state index contributed by atoms with van der Waals surface area (Å²) < 4.78 is 5.81. The lowest BCUT2D eigenvalue weighted by Gasteiger charge is -2.32. The summed E-state index contributed by atoms with van der Waals surface area (Å²) in [5.41, 5.74) is 2.07. The zero-order chi connectivity index (χ0) is 25.0. The van der Waals surface area contributed by atoms with Gasteiger partial charge in [-0.15, -0.1) is 0 Å². The first-order chi connectivity index (χ1) is 16.2. The second-order valence-corrected chi connectivity index (χ2v) is 10.3. The van der Waals surface area contributed by atoms with E-state index in [0.29, 0.717) is 32.2 Å². The minimum atomic E-state index is -0.890. The normalized spacial score (nSPS) is 13.4. The molecule has 0 saturated heterocycles. The summed E-state index contributed by atoms with van der Waals surface area (Å²) in [7, 11) is 0. The highest BCUT2D eigenvalue weighted by Crippen LogP contribution is 2.21. The van der Waals surface area contributed by atoms with Gasteiger partial charge in [0, 0.05) is 49.8 Å². The number of carboxylic acid groups (broad SMARTS) is 1. The third-order valence-corrected chi connectivity index (χ3v) is 5.88. The molecule has 1 amide bonds. The molecule has 1 aromatic heterocycles. The van der Waals surface area contributed by atoms with Crippen molar-refractivity contribution >= 4 is 17.7 Å². The van der Waals surface area contributed by atoms with Crippen molar-refractivity contribution < 1.29 is 19.4 Å². The molecule has 0 spiro atoms. The van der Waals surface area contributed by atoms with Crippen molar-refractivity contribution in [3.05, 3.63) is 23.4 Å². The topological polar surface area (TPSA) is 104 Å². The second-order valence-electron chi connectivity index (χ2n) is 10.3. The molecule has 0 atom stereocenters. The molecule has 2 heterocycles. The number of carboxylic acids is 1. The number of carbonyl (C=O) groups is 2. The van der Waals surface area contributed by atoms with Crippen LogP contribution in [0.2, 0.25) is 0 Å². The van der Waals surface area contributed by atoms with Crippen LogP contribution in [0, 0.1) is 5.41 Å². The lowest BCUT2D eigenvalue weighted by Crippen LogP contribution is -2.42. The smallest absolute Gasteiger partial charge is 0.305 e. The van der Waals surface area contributed by atoms with Crippen molar-refractivity contribution in [2.45, 2.75) is 78.7 Å². The number of rotatable bonds is 16. The van der Waals surface area contributed by atoms with Crippen molar-refractivity contribution in [3.63, 3.8) is 0 Å². The molecule has 0 aliphatic carbocycles. The van der Waals surface area contributed by atoms with E-state index in [-0.39, 0.29) is 24.3 Å². The van der Waals surface area contributed by atoms with Crippen LogP contribution < -0.4 is 10.6 Å². The molecule has 2 rings (SSSR count). The highest BCUT2D eigenvalue weighted by Gasteiger charge is 2.25. The number of carbonyl (C=O) groups excluding carboxylic acids is 1. The summed E-state index contributed by atoms with van der Waals surface area (Å²) in [6, 6.07) is 4.66. The van der Waals surface area contributed by atoms with Crippen molar-refractivity contribution in [3.8, 4) is 0 Å². The van der Waals surface area contributed by atoms with Gasteiger partial charge >= 0.3 is 5.97 Å². The van der Waals surface area contributed by atoms with Gasteiger partial charge in [-0.2, -0.15) is 0 Å². The lowest BCUT2D eigenvalue weighted by molar-refractivity contribution is -0.139. The van der Waals surface area contributed by atoms with Gasteiger partial charge in [0.05, 0.1) is 19.6 Å². The number of pyridine rings is 1. The Balaban J connectivity index is 1.79. The van der Waals surface area contributed by atoms with Gasteiger partial charge in [0.2, 0.25) is 5.91 Å². The number of hydrogen-bond acceptors (Lipinski definition) is 6. The monoisotopic (exact) mass is 476 g/mol. The van der Waals surface area contributed by atoms with Gasteiger partial charge in [-0.1, -0.05) is 33.8 Å². The van der Waals surface area contributed by atoms with Crippen LogP contribution in [0.15, 0.2) is 12.1 Å². The first kappa shape index (κ1) is 28.1. The molecular weight excluding hydrogens is 432 g/mol. The summed E-state index contributed by atoms with van der Waals surface area (Å²) in [5, 5.41) is 15.8. The van der Waals surface area contributed by atoms with E-state index >= 15 is 0 Å². The molecule has 0 radical (unpaired) electrons. The van der Waals surface area contributed by atoms with Crippen LogP contribution in [-0.4, -0.2) is 72.3 Å². The number of aryl methyl sites for hydroxylation is 2. The third kappa shape index (κ3) is 10.8. The number of nitrogens with zero attached hydrogens (tertiary/aromatic N) is 2. The SMILES string of the molecule is CC(C)NCCOCC(C)(C)CN(CCC(=O)O)C(=O)CCCCc1ccc2c(n1)NCCC2. The molecule has 0 saturated carbocycles. The zero-order valence-electron chi connectivity index (χ0n) is 21.5. The number of unbranched alkanes of at least 4 members (excludes halogenated alkanes) is 1. The second kappa shape index (κ2) is 14.3. The summed E-state index contributed by atoms with van der Waals surface area (Å²) in [4.78, 5) is 30.5. The molecule has 8 nitrogen and oxygen atoms in total. The fraction of sp³-hybridized carbons (Fsp3) is 0.731. The number of aliphatic carboxylic acids is 1. The van der Waals surface area contributed by atoms with E-state index in [1.54, 1.807) is 4.90 Å². The van der Waals surface area contributed by atoms with Crippen LogP contribution in [0.4, 0.5) is 5.82 Å². The predicted octanol–water partition coefficient (Wildman–Crippen LogP) is 3.50. The zero-order valence-corrected chi connectivity index (χ0v) is 21.5. The fourth-order valence-corrected chi connectivity index (χ4v) is 4.10. The van der Waals surface area contributed by atoms with Gasteiger partial charge in [-0.25, -0.2) is 4.98 Å². The minimum absolute atomic E-state index is 0.0101. The van der Waals surface area contributed by atoms with Crippen LogP contribution in [0.25, 0.3) is 0 Å². The molecule has 0 aromatic carbocycles. The van der Waals surface area contributed by atoms with E-state index in [9.17, 15) is 9.59 Å². The maximum absolute atomic E-state index is 12.9. The number of amides is 1. The summed E-state index contributed by atoms with van der Waals surface area (Å²) in [6.45, 7) is 11.9. The summed E-state index contributed by atoms with van der Waals surface area (Å²) in [6.07, 6.45) is 5.05. The molecule has 0 bridgehead atoms. The maximum Gasteiger partial charge on any atom is 0.305 e. The van der Waals surface area contributed by atoms with Gasteiger partial charge in [0.25, 0.3) is 0 Å². The Labute approximate surface area is 204 Å². The van der Waals surface area contributed by atoms with Crippen LogP contribution >= 0.6 is 0 Å². The highest BCUT2D eigenvalue weighted by molar-refractivity contribution is 5.77.